The topological polar surface area (TPSA) is 46.9 Å². The highest BCUT2D eigenvalue weighted by molar-refractivity contribution is 6.03. The van der Waals surface area contributed by atoms with Gasteiger partial charge in [0.25, 0.3) is 5.91 Å². The van der Waals surface area contributed by atoms with Crippen LogP contribution in [0.3, 0.4) is 0 Å². The number of amides is 1. The summed E-state index contributed by atoms with van der Waals surface area (Å²) in [4.78, 5) is 15.4. The smallest absolute Gasteiger partial charge is 0.261 e. The van der Waals surface area contributed by atoms with Gasteiger partial charge >= 0.3 is 0 Å². The number of nitrogens with zero attached hydrogens (tertiary/aromatic N) is 2. The molecule has 2 rings (SSSR count). The first kappa shape index (κ1) is 12.2. The molecule has 2 aromatic rings. The third-order valence-corrected chi connectivity index (χ3v) is 2.33. The maximum Gasteiger partial charge on any atom is 0.261 e. The molecule has 0 radical (unpaired) electrons. The van der Waals surface area contributed by atoms with Crippen LogP contribution in [0.25, 0.3) is 0 Å². The normalized spacial score (nSPS) is 10.4. The zero-order valence-corrected chi connectivity index (χ0v) is 9.25. The van der Waals surface area contributed by atoms with E-state index in [0.29, 0.717) is 6.07 Å². The SMILES string of the molecule is Cn1ccnc1NC(=O)c1ccc(F)c(F)c1F. The van der Waals surface area contributed by atoms with Crippen LogP contribution in [0.2, 0.25) is 0 Å². The molecule has 18 heavy (non-hydrogen) atoms. The summed E-state index contributed by atoms with van der Waals surface area (Å²) >= 11 is 0. The fourth-order valence-electron chi connectivity index (χ4n) is 1.36. The summed E-state index contributed by atoms with van der Waals surface area (Å²) in [7, 11) is 1.62. The summed E-state index contributed by atoms with van der Waals surface area (Å²) in [5.41, 5.74) is -0.586. The molecule has 0 fully saturated rings. The molecular weight excluding hydrogens is 247 g/mol. The van der Waals surface area contributed by atoms with Crippen molar-refractivity contribution >= 4 is 11.9 Å². The number of anilines is 1. The number of rotatable bonds is 2. The second-order valence-electron chi connectivity index (χ2n) is 3.54. The van der Waals surface area contributed by atoms with Crippen molar-refractivity contribution in [2.24, 2.45) is 7.05 Å². The van der Waals surface area contributed by atoms with Crippen molar-refractivity contribution < 1.29 is 18.0 Å². The van der Waals surface area contributed by atoms with Crippen LogP contribution in [-0.4, -0.2) is 15.5 Å². The van der Waals surface area contributed by atoms with E-state index in [1.807, 2.05) is 0 Å². The molecule has 0 aliphatic carbocycles. The predicted molar refractivity (Wildman–Crippen MR) is 57.5 cm³/mol. The first-order valence-corrected chi connectivity index (χ1v) is 4.93. The molecule has 0 unspecified atom stereocenters. The molecule has 1 aromatic carbocycles. The lowest BCUT2D eigenvalue weighted by molar-refractivity contribution is 0.102. The van der Waals surface area contributed by atoms with Gasteiger partial charge in [-0.2, -0.15) is 0 Å². The summed E-state index contributed by atoms with van der Waals surface area (Å²) in [5, 5.41) is 2.28. The van der Waals surface area contributed by atoms with Gasteiger partial charge in [0.05, 0.1) is 5.56 Å². The molecule has 0 aliphatic rings. The highest BCUT2D eigenvalue weighted by Gasteiger charge is 2.19. The Labute approximate surface area is 100 Å². The van der Waals surface area contributed by atoms with E-state index in [1.54, 1.807) is 13.2 Å². The Kier molecular flexibility index (Phi) is 3.05. The Bertz CT molecular complexity index is 610. The molecule has 0 saturated carbocycles. The van der Waals surface area contributed by atoms with Crippen molar-refractivity contribution in [1.29, 1.82) is 0 Å². The summed E-state index contributed by atoms with van der Waals surface area (Å²) in [6.07, 6.45) is 2.99. The molecule has 0 spiro atoms. The Morgan fingerprint density at radius 2 is 2.00 bits per heavy atom. The minimum absolute atomic E-state index is 0.170. The molecule has 0 aliphatic heterocycles. The lowest BCUT2D eigenvalue weighted by atomic mass is 10.2. The quantitative estimate of drug-likeness (QED) is 0.835. The van der Waals surface area contributed by atoms with Gasteiger partial charge in [-0.25, -0.2) is 18.2 Å². The van der Waals surface area contributed by atoms with Crippen LogP contribution in [0, 0.1) is 17.5 Å². The van der Waals surface area contributed by atoms with Gasteiger partial charge in [0.15, 0.2) is 17.5 Å². The summed E-state index contributed by atoms with van der Waals surface area (Å²) in [6, 6.07) is 1.55. The van der Waals surface area contributed by atoms with E-state index >= 15 is 0 Å². The van der Waals surface area contributed by atoms with Crippen molar-refractivity contribution in [1.82, 2.24) is 9.55 Å². The molecule has 4 nitrogen and oxygen atoms in total. The first-order chi connectivity index (χ1) is 8.50. The third kappa shape index (κ3) is 2.06. The Hall–Kier alpha value is -2.31. The number of aromatic nitrogens is 2. The van der Waals surface area contributed by atoms with Crippen LogP contribution in [0.5, 0.6) is 0 Å². The molecule has 94 valence electrons. The number of halogens is 3. The number of carbonyl (C=O) groups is 1. The summed E-state index contributed by atoms with van der Waals surface area (Å²) < 4.78 is 40.5. The van der Waals surface area contributed by atoms with Crippen molar-refractivity contribution in [2.75, 3.05) is 5.32 Å². The van der Waals surface area contributed by atoms with E-state index < -0.39 is 28.9 Å². The second-order valence-corrected chi connectivity index (χ2v) is 3.54. The van der Waals surface area contributed by atoms with E-state index in [2.05, 4.69) is 10.3 Å². The van der Waals surface area contributed by atoms with Gasteiger partial charge in [-0.3, -0.25) is 10.1 Å². The van der Waals surface area contributed by atoms with Gasteiger partial charge in [-0.05, 0) is 12.1 Å². The Balaban J connectivity index is 2.30. The van der Waals surface area contributed by atoms with Crippen molar-refractivity contribution in [3.63, 3.8) is 0 Å². The van der Waals surface area contributed by atoms with E-state index in [-0.39, 0.29) is 5.95 Å². The number of nitrogens with one attached hydrogen (secondary N) is 1. The van der Waals surface area contributed by atoms with Crippen LogP contribution in [-0.2, 0) is 7.05 Å². The molecule has 0 bridgehead atoms. The maximum absolute atomic E-state index is 13.3. The average molecular weight is 255 g/mol. The highest BCUT2D eigenvalue weighted by atomic mass is 19.2. The monoisotopic (exact) mass is 255 g/mol. The molecule has 1 heterocycles. The fraction of sp³-hybridized carbons (Fsp3) is 0.0909. The van der Waals surface area contributed by atoms with Crippen LogP contribution in [0.4, 0.5) is 19.1 Å². The van der Waals surface area contributed by atoms with E-state index in [4.69, 9.17) is 0 Å². The number of hydrogen-bond acceptors (Lipinski definition) is 2. The molecule has 1 amide bonds. The zero-order chi connectivity index (χ0) is 13.3. The van der Waals surface area contributed by atoms with Crippen molar-refractivity contribution in [3.05, 3.63) is 47.5 Å². The zero-order valence-electron chi connectivity index (χ0n) is 9.25. The van der Waals surface area contributed by atoms with Gasteiger partial charge in [-0.1, -0.05) is 0 Å². The lowest BCUT2D eigenvalue weighted by Crippen LogP contribution is -2.17. The number of hydrogen-bond donors (Lipinski definition) is 1. The largest absolute Gasteiger partial charge is 0.320 e. The minimum Gasteiger partial charge on any atom is -0.320 e. The van der Waals surface area contributed by atoms with Crippen LogP contribution >= 0.6 is 0 Å². The van der Waals surface area contributed by atoms with Crippen LogP contribution in [0.15, 0.2) is 24.5 Å². The van der Waals surface area contributed by atoms with E-state index in [1.165, 1.54) is 10.8 Å². The third-order valence-electron chi connectivity index (χ3n) is 2.33. The fourth-order valence-corrected chi connectivity index (χ4v) is 1.36. The van der Waals surface area contributed by atoms with Crippen molar-refractivity contribution in [2.45, 2.75) is 0 Å². The van der Waals surface area contributed by atoms with Gasteiger partial charge in [0.2, 0.25) is 5.95 Å². The van der Waals surface area contributed by atoms with Gasteiger partial charge in [0, 0.05) is 19.4 Å². The van der Waals surface area contributed by atoms with Gasteiger partial charge in [0.1, 0.15) is 0 Å². The number of aryl methyl sites for hydroxylation is 1. The first-order valence-electron chi connectivity index (χ1n) is 4.93. The van der Waals surface area contributed by atoms with Crippen molar-refractivity contribution in [3.8, 4) is 0 Å². The lowest BCUT2D eigenvalue weighted by Gasteiger charge is -2.06. The molecule has 0 saturated heterocycles. The maximum atomic E-state index is 13.3. The summed E-state index contributed by atoms with van der Waals surface area (Å²) in [5.74, 6) is -5.28. The Morgan fingerprint density at radius 1 is 1.28 bits per heavy atom. The predicted octanol–water partition coefficient (Wildman–Crippen LogP) is 2.09. The molecule has 1 aromatic heterocycles. The number of imidazole rings is 1. The number of carbonyl (C=O) groups excluding carboxylic acids is 1. The molecular formula is C11H8F3N3O. The van der Waals surface area contributed by atoms with Gasteiger partial charge in [-0.15, -0.1) is 0 Å². The van der Waals surface area contributed by atoms with Crippen LogP contribution in [0.1, 0.15) is 10.4 Å². The average Bonchev–Trinajstić information content (AvgIpc) is 2.72. The van der Waals surface area contributed by atoms with E-state index in [9.17, 15) is 18.0 Å². The van der Waals surface area contributed by atoms with Crippen LogP contribution < -0.4 is 5.32 Å². The standard InChI is InChI=1S/C11H8F3N3O/c1-17-5-4-15-11(17)16-10(18)6-2-3-7(12)9(14)8(6)13/h2-5H,1H3,(H,15,16,18). The Morgan fingerprint density at radius 3 is 2.61 bits per heavy atom. The molecule has 1 N–H and O–H groups in total. The highest BCUT2D eigenvalue weighted by Crippen LogP contribution is 2.16. The minimum atomic E-state index is -1.68. The van der Waals surface area contributed by atoms with Gasteiger partial charge < -0.3 is 4.57 Å². The molecule has 0 atom stereocenters. The molecule has 7 heteroatoms. The number of benzene rings is 1. The summed E-state index contributed by atoms with van der Waals surface area (Å²) in [6.45, 7) is 0. The van der Waals surface area contributed by atoms with E-state index in [0.717, 1.165) is 6.07 Å². The second kappa shape index (κ2) is 4.52.